The fraction of sp³-hybridized carbons (Fsp3) is 0.800. The fourth-order valence-corrected chi connectivity index (χ4v) is 3.65. The molecule has 0 spiro atoms. The highest BCUT2D eigenvalue weighted by molar-refractivity contribution is 7.11. The second-order valence-corrected chi connectivity index (χ2v) is 6.66. The van der Waals surface area contributed by atoms with Crippen LogP contribution < -0.4 is 5.32 Å². The van der Waals surface area contributed by atoms with Crippen molar-refractivity contribution in [3.8, 4) is 0 Å². The Morgan fingerprint density at radius 1 is 1.47 bits per heavy atom. The summed E-state index contributed by atoms with van der Waals surface area (Å²) in [6.45, 7) is 9.63. The van der Waals surface area contributed by atoms with Gasteiger partial charge in [-0.05, 0) is 31.7 Å². The van der Waals surface area contributed by atoms with Crippen molar-refractivity contribution in [2.45, 2.75) is 65.0 Å². The molecule has 1 N–H and O–H groups in total. The van der Waals surface area contributed by atoms with Crippen LogP contribution in [-0.2, 0) is 11.3 Å². The van der Waals surface area contributed by atoms with Crippen LogP contribution in [0.3, 0.4) is 0 Å². The predicted octanol–water partition coefficient (Wildman–Crippen LogP) is 4.01. The lowest BCUT2D eigenvalue weighted by molar-refractivity contribution is 0.111. The van der Waals surface area contributed by atoms with E-state index in [1.807, 2.05) is 11.3 Å². The van der Waals surface area contributed by atoms with Crippen molar-refractivity contribution >= 4 is 11.3 Å². The van der Waals surface area contributed by atoms with E-state index < -0.39 is 0 Å². The number of hydrogen-bond acceptors (Lipinski definition) is 4. The minimum absolute atomic E-state index is 0.256. The maximum Gasteiger partial charge on any atom is 0.122 e. The van der Waals surface area contributed by atoms with Crippen molar-refractivity contribution in [3.05, 3.63) is 15.6 Å². The van der Waals surface area contributed by atoms with Crippen molar-refractivity contribution in [2.75, 3.05) is 13.2 Å². The molecular formula is C15H26N2OS. The van der Waals surface area contributed by atoms with Gasteiger partial charge in [0.05, 0.1) is 5.69 Å². The summed E-state index contributed by atoms with van der Waals surface area (Å²) in [5, 5.41) is 4.72. The number of aromatic nitrogens is 1. The van der Waals surface area contributed by atoms with Gasteiger partial charge >= 0.3 is 0 Å². The molecule has 0 aromatic carbocycles. The summed E-state index contributed by atoms with van der Waals surface area (Å²) in [5.74, 6) is 0.495. The van der Waals surface area contributed by atoms with E-state index in [2.05, 4.69) is 26.1 Å². The lowest BCUT2D eigenvalue weighted by atomic mass is 10.1. The normalized spacial score (nSPS) is 19.5. The molecule has 1 aliphatic heterocycles. The van der Waals surface area contributed by atoms with Crippen LogP contribution >= 0.6 is 11.3 Å². The molecule has 1 saturated heterocycles. The molecule has 0 radical (unpaired) electrons. The molecule has 1 aromatic heterocycles. The van der Waals surface area contributed by atoms with E-state index in [1.54, 1.807) is 0 Å². The van der Waals surface area contributed by atoms with Gasteiger partial charge in [-0.3, -0.25) is 0 Å². The SMILES string of the molecule is CCCCNCc1sc(C2CCCO2)nc1C(C)C. The Bertz CT molecular complexity index is 383. The number of unbranched alkanes of at least 4 members (excludes halogenated alkanes) is 1. The molecule has 0 saturated carbocycles. The second-order valence-electron chi connectivity index (χ2n) is 5.55. The number of nitrogens with zero attached hydrogens (tertiary/aromatic N) is 1. The molecule has 108 valence electrons. The highest BCUT2D eigenvalue weighted by Gasteiger charge is 2.23. The zero-order valence-corrected chi connectivity index (χ0v) is 13.2. The largest absolute Gasteiger partial charge is 0.371 e. The van der Waals surface area contributed by atoms with Gasteiger partial charge in [0.25, 0.3) is 0 Å². The summed E-state index contributed by atoms with van der Waals surface area (Å²) >= 11 is 1.84. The number of thiazole rings is 1. The van der Waals surface area contributed by atoms with Gasteiger partial charge < -0.3 is 10.1 Å². The van der Waals surface area contributed by atoms with Crippen molar-refractivity contribution in [2.24, 2.45) is 0 Å². The summed E-state index contributed by atoms with van der Waals surface area (Å²) in [7, 11) is 0. The van der Waals surface area contributed by atoms with E-state index >= 15 is 0 Å². The Morgan fingerprint density at radius 2 is 2.32 bits per heavy atom. The third-order valence-electron chi connectivity index (χ3n) is 3.49. The van der Waals surface area contributed by atoms with Crippen molar-refractivity contribution in [1.82, 2.24) is 10.3 Å². The van der Waals surface area contributed by atoms with Crippen LogP contribution in [0.25, 0.3) is 0 Å². The van der Waals surface area contributed by atoms with E-state index in [-0.39, 0.29) is 6.10 Å². The van der Waals surface area contributed by atoms with Crippen LogP contribution in [0.2, 0.25) is 0 Å². The van der Waals surface area contributed by atoms with Crippen LogP contribution in [0.15, 0.2) is 0 Å². The first-order valence-electron chi connectivity index (χ1n) is 7.54. The summed E-state index contributed by atoms with van der Waals surface area (Å²) in [6, 6.07) is 0. The highest BCUT2D eigenvalue weighted by atomic mass is 32.1. The molecule has 0 amide bonds. The molecule has 1 aromatic rings. The second kappa shape index (κ2) is 7.36. The number of nitrogens with one attached hydrogen (secondary N) is 1. The predicted molar refractivity (Wildman–Crippen MR) is 80.7 cm³/mol. The Labute approximate surface area is 120 Å². The van der Waals surface area contributed by atoms with Crippen LogP contribution in [0.1, 0.15) is 74.1 Å². The monoisotopic (exact) mass is 282 g/mol. The maximum absolute atomic E-state index is 5.76. The first-order chi connectivity index (χ1) is 9.22. The van der Waals surface area contributed by atoms with E-state index in [4.69, 9.17) is 9.72 Å². The average molecular weight is 282 g/mol. The molecule has 2 heterocycles. The molecule has 1 fully saturated rings. The molecule has 1 unspecified atom stereocenters. The fourth-order valence-electron chi connectivity index (χ4n) is 2.37. The van der Waals surface area contributed by atoms with Crippen LogP contribution in [0.5, 0.6) is 0 Å². The highest BCUT2D eigenvalue weighted by Crippen LogP contribution is 2.35. The summed E-state index contributed by atoms with van der Waals surface area (Å²) in [4.78, 5) is 6.24. The zero-order valence-electron chi connectivity index (χ0n) is 12.4. The van der Waals surface area contributed by atoms with Gasteiger partial charge in [0.2, 0.25) is 0 Å². The molecule has 1 aliphatic rings. The van der Waals surface area contributed by atoms with Gasteiger partial charge in [0.15, 0.2) is 0 Å². The minimum atomic E-state index is 0.256. The maximum atomic E-state index is 5.76. The van der Waals surface area contributed by atoms with Crippen LogP contribution in [0, 0.1) is 0 Å². The van der Waals surface area contributed by atoms with E-state index in [1.165, 1.54) is 34.8 Å². The van der Waals surface area contributed by atoms with E-state index in [0.717, 1.165) is 26.1 Å². The lowest BCUT2D eigenvalue weighted by Crippen LogP contribution is -2.14. The third kappa shape index (κ3) is 4.01. The Morgan fingerprint density at radius 3 is 2.95 bits per heavy atom. The smallest absolute Gasteiger partial charge is 0.122 e. The topological polar surface area (TPSA) is 34.1 Å². The van der Waals surface area contributed by atoms with Gasteiger partial charge in [0, 0.05) is 18.0 Å². The summed E-state index contributed by atoms with van der Waals surface area (Å²) in [6.07, 6.45) is 5.05. The van der Waals surface area contributed by atoms with Crippen molar-refractivity contribution in [3.63, 3.8) is 0 Å². The molecule has 1 atom stereocenters. The number of rotatable bonds is 7. The van der Waals surface area contributed by atoms with Gasteiger partial charge in [-0.25, -0.2) is 4.98 Å². The number of hydrogen-bond donors (Lipinski definition) is 1. The first-order valence-corrected chi connectivity index (χ1v) is 8.35. The van der Waals surface area contributed by atoms with Gasteiger partial charge in [-0.15, -0.1) is 11.3 Å². The van der Waals surface area contributed by atoms with Crippen LogP contribution in [-0.4, -0.2) is 18.1 Å². The van der Waals surface area contributed by atoms with E-state index in [9.17, 15) is 0 Å². The molecule has 19 heavy (non-hydrogen) atoms. The average Bonchev–Trinajstić information content (AvgIpc) is 3.03. The van der Waals surface area contributed by atoms with Crippen molar-refractivity contribution in [1.29, 1.82) is 0 Å². The zero-order chi connectivity index (χ0) is 13.7. The molecule has 0 bridgehead atoms. The molecular weight excluding hydrogens is 256 g/mol. The van der Waals surface area contributed by atoms with Gasteiger partial charge in [-0.1, -0.05) is 27.2 Å². The van der Waals surface area contributed by atoms with Gasteiger partial charge in [-0.2, -0.15) is 0 Å². The van der Waals surface area contributed by atoms with Crippen LogP contribution in [0.4, 0.5) is 0 Å². The lowest BCUT2D eigenvalue weighted by Gasteiger charge is -2.06. The molecule has 2 rings (SSSR count). The Hall–Kier alpha value is -0.450. The van der Waals surface area contributed by atoms with Crippen molar-refractivity contribution < 1.29 is 4.74 Å². The van der Waals surface area contributed by atoms with E-state index in [0.29, 0.717) is 5.92 Å². The molecule has 4 heteroatoms. The summed E-state index contributed by atoms with van der Waals surface area (Å²) in [5.41, 5.74) is 1.26. The third-order valence-corrected chi connectivity index (χ3v) is 4.65. The Kier molecular flexibility index (Phi) is 5.79. The molecule has 3 nitrogen and oxygen atoms in total. The molecule has 0 aliphatic carbocycles. The summed E-state index contributed by atoms with van der Waals surface area (Å²) < 4.78 is 5.76. The quantitative estimate of drug-likeness (QED) is 0.767. The minimum Gasteiger partial charge on any atom is -0.371 e. The van der Waals surface area contributed by atoms with Gasteiger partial charge in [0.1, 0.15) is 11.1 Å². The standard InChI is InChI=1S/C15H26N2OS/c1-4-5-8-16-10-13-14(11(2)3)17-15(19-13)12-7-6-9-18-12/h11-12,16H,4-10H2,1-3H3. The first kappa shape index (κ1) is 14.9. The number of ether oxygens (including phenoxy) is 1. The Balaban J connectivity index is 2.02.